The molecule has 0 nitrogen and oxygen atoms in total. The molecule has 0 aromatic rings. The summed E-state index contributed by atoms with van der Waals surface area (Å²) < 4.78 is 0. The van der Waals surface area contributed by atoms with E-state index >= 15 is 0 Å². The van der Waals surface area contributed by atoms with Gasteiger partial charge in [-0.1, -0.05) is 41.5 Å². The lowest BCUT2D eigenvalue weighted by atomic mass is 9.37. The lowest BCUT2D eigenvalue weighted by molar-refractivity contribution is -0.193. The van der Waals surface area contributed by atoms with Gasteiger partial charge in [-0.05, 0) is 47.3 Å². The van der Waals surface area contributed by atoms with E-state index in [0.29, 0.717) is 10.8 Å². The zero-order valence-electron chi connectivity index (χ0n) is 10.7. The van der Waals surface area contributed by atoms with Gasteiger partial charge in [-0.15, -0.1) is 0 Å². The zero-order chi connectivity index (χ0) is 10.7. The normalized spacial score (nSPS) is 49.3. The third-order valence-electron chi connectivity index (χ3n) is 5.72. The minimum absolute atomic E-state index is 0.599. The van der Waals surface area contributed by atoms with Crippen molar-refractivity contribution in [2.45, 2.75) is 54.4 Å². The standard InChI is InChI=1S/C14H26/c1-9-7-8-13(3,4)12-10(2)14(5,6)11(9)12/h9-12H,7-8H2,1-6H3. The van der Waals surface area contributed by atoms with Gasteiger partial charge in [0.25, 0.3) is 0 Å². The molecule has 0 saturated heterocycles. The summed E-state index contributed by atoms with van der Waals surface area (Å²) in [6, 6.07) is 0. The van der Waals surface area contributed by atoms with E-state index in [2.05, 4.69) is 41.5 Å². The fourth-order valence-corrected chi connectivity index (χ4v) is 4.62. The van der Waals surface area contributed by atoms with Crippen LogP contribution in [-0.4, -0.2) is 0 Å². The van der Waals surface area contributed by atoms with Crippen LogP contribution in [0.25, 0.3) is 0 Å². The highest BCUT2D eigenvalue weighted by atomic mass is 14.7. The van der Waals surface area contributed by atoms with Crippen molar-refractivity contribution >= 4 is 0 Å². The van der Waals surface area contributed by atoms with Gasteiger partial charge in [-0.3, -0.25) is 0 Å². The van der Waals surface area contributed by atoms with Crippen molar-refractivity contribution in [1.82, 2.24) is 0 Å². The number of fused-ring (bicyclic) bond motifs is 1. The van der Waals surface area contributed by atoms with Crippen molar-refractivity contribution in [2.75, 3.05) is 0 Å². The third kappa shape index (κ3) is 1.12. The highest BCUT2D eigenvalue weighted by molar-refractivity contribution is 5.09. The Kier molecular flexibility index (Phi) is 2.08. The molecular formula is C14H26. The summed E-state index contributed by atoms with van der Waals surface area (Å²) in [7, 11) is 0. The van der Waals surface area contributed by atoms with E-state index in [1.54, 1.807) is 0 Å². The number of hydrogen-bond acceptors (Lipinski definition) is 0. The van der Waals surface area contributed by atoms with Crippen LogP contribution in [0.1, 0.15) is 54.4 Å². The van der Waals surface area contributed by atoms with E-state index in [1.165, 1.54) is 12.8 Å². The molecule has 14 heavy (non-hydrogen) atoms. The Bertz CT molecular complexity index is 228. The Hall–Kier alpha value is 0. The van der Waals surface area contributed by atoms with E-state index in [0.717, 1.165) is 23.7 Å². The third-order valence-corrected chi connectivity index (χ3v) is 5.72. The molecule has 4 atom stereocenters. The molecule has 0 aromatic carbocycles. The SMILES string of the molecule is CC1CCC(C)(C)C2C(C)C(C)(C)C12. The molecule has 2 saturated carbocycles. The topological polar surface area (TPSA) is 0 Å². The predicted molar refractivity (Wildman–Crippen MR) is 62.1 cm³/mol. The molecule has 0 amide bonds. The smallest absolute Gasteiger partial charge is 0.0292 e. The average molecular weight is 194 g/mol. The van der Waals surface area contributed by atoms with E-state index in [9.17, 15) is 0 Å². The fourth-order valence-electron chi connectivity index (χ4n) is 4.62. The first-order chi connectivity index (χ1) is 6.28. The molecule has 0 heteroatoms. The maximum atomic E-state index is 2.49. The second-order valence-corrected chi connectivity index (χ2v) is 7.17. The molecule has 0 bridgehead atoms. The Morgan fingerprint density at radius 2 is 1.50 bits per heavy atom. The Morgan fingerprint density at radius 1 is 0.929 bits per heavy atom. The van der Waals surface area contributed by atoms with Gasteiger partial charge in [0.2, 0.25) is 0 Å². The van der Waals surface area contributed by atoms with Crippen LogP contribution in [0.3, 0.4) is 0 Å². The van der Waals surface area contributed by atoms with Crippen LogP contribution in [-0.2, 0) is 0 Å². The van der Waals surface area contributed by atoms with Gasteiger partial charge >= 0.3 is 0 Å². The summed E-state index contributed by atoms with van der Waals surface area (Å²) in [4.78, 5) is 0. The van der Waals surface area contributed by atoms with Gasteiger partial charge in [-0.2, -0.15) is 0 Å². The molecule has 4 unspecified atom stereocenters. The predicted octanol–water partition coefficient (Wildman–Crippen LogP) is 4.35. The van der Waals surface area contributed by atoms with Gasteiger partial charge in [0, 0.05) is 0 Å². The lowest BCUT2D eigenvalue weighted by Gasteiger charge is -2.67. The average Bonchev–Trinajstić information content (AvgIpc) is 2.07. The first-order valence-electron chi connectivity index (χ1n) is 6.28. The van der Waals surface area contributed by atoms with Crippen molar-refractivity contribution in [3.05, 3.63) is 0 Å². The van der Waals surface area contributed by atoms with Crippen LogP contribution < -0.4 is 0 Å². The van der Waals surface area contributed by atoms with Gasteiger partial charge in [0.15, 0.2) is 0 Å². The Balaban J connectivity index is 2.27. The van der Waals surface area contributed by atoms with Crippen LogP contribution in [0.2, 0.25) is 0 Å². The Labute approximate surface area is 89.5 Å². The summed E-state index contributed by atoms with van der Waals surface area (Å²) in [6.07, 6.45) is 2.89. The van der Waals surface area contributed by atoms with Gasteiger partial charge in [0.1, 0.15) is 0 Å². The van der Waals surface area contributed by atoms with Crippen molar-refractivity contribution in [2.24, 2.45) is 34.5 Å². The molecule has 2 aliphatic rings. The van der Waals surface area contributed by atoms with E-state index in [1.807, 2.05) is 0 Å². The highest BCUT2D eigenvalue weighted by Crippen LogP contribution is 2.67. The van der Waals surface area contributed by atoms with Crippen molar-refractivity contribution < 1.29 is 0 Å². The maximum Gasteiger partial charge on any atom is -0.0292 e. The van der Waals surface area contributed by atoms with Crippen LogP contribution in [0, 0.1) is 34.5 Å². The first-order valence-corrected chi connectivity index (χ1v) is 6.28. The molecule has 0 radical (unpaired) electrons. The minimum Gasteiger partial charge on any atom is -0.0622 e. The second kappa shape index (κ2) is 2.77. The molecule has 0 heterocycles. The zero-order valence-corrected chi connectivity index (χ0v) is 10.7. The maximum absolute atomic E-state index is 2.49. The largest absolute Gasteiger partial charge is 0.0622 e. The lowest BCUT2D eigenvalue weighted by Crippen LogP contribution is -2.61. The van der Waals surface area contributed by atoms with Crippen LogP contribution in [0.4, 0.5) is 0 Å². The summed E-state index contributed by atoms with van der Waals surface area (Å²) in [5.74, 6) is 3.85. The molecule has 2 fully saturated rings. The van der Waals surface area contributed by atoms with Crippen molar-refractivity contribution in [3.8, 4) is 0 Å². The van der Waals surface area contributed by atoms with Crippen LogP contribution in [0.5, 0.6) is 0 Å². The van der Waals surface area contributed by atoms with Gasteiger partial charge in [0.05, 0.1) is 0 Å². The summed E-state index contributed by atoms with van der Waals surface area (Å²) in [6.45, 7) is 14.9. The monoisotopic (exact) mass is 194 g/mol. The molecule has 82 valence electrons. The van der Waals surface area contributed by atoms with E-state index in [4.69, 9.17) is 0 Å². The number of rotatable bonds is 0. The summed E-state index contributed by atoms with van der Waals surface area (Å²) in [5, 5.41) is 0. The van der Waals surface area contributed by atoms with Gasteiger partial charge < -0.3 is 0 Å². The van der Waals surface area contributed by atoms with E-state index < -0.39 is 0 Å². The second-order valence-electron chi connectivity index (χ2n) is 7.17. The minimum atomic E-state index is 0.599. The molecular weight excluding hydrogens is 168 g/mol. The first kappa shape index (κ1) is 10.5. The molecule has 0 aromatic heterocycles. The summed E-state index contributed by atoms with van der Waals surface area (Å²) >= 11 is 0. The van der Waals surface area contributed by atoms with Crippen molar-refractivity contribution in [3.63, 3.8) is 0 Å². The molecule has 2 aliphatic carbocycles. The number of hydrogen-bond donors (Lipinski definition) is 0. The van der Waals surface area contributed by atoms with Gasteiger partial charge in [-0.25, -0.2) is 0 Å². The molecule has 0 spiro atoms. The molecule has 2 rings (SSSR count). The molecule has 0 N–H and O–H groups in total. The van der Waals surface area contributed by atoms with Crippen molar-refractivity contribution in [1.29, 1.82) is 0 Å². The van der Waals surface area contributed by atoms with Crippen LogP contribution >= 0.6 is 0 Å². The summed E-state index contributed by atoms with van der Waals surface area (Å²) in [5.41, 5.74) is 1.20. The van der Waals surface area contributed by atoms with E-state index in [-0.39, 0.29) is 0 Å². The van der Waals surface area contributed by atoms with Crippen LogP contribution in [0.15, 0.2) is 0 Å². The highest BCUT2D eigenvalue weighted by Gasteiger charge is 2.61. The quantitative estimate of drug-likeness (QED) is 0.538. The Morgan fingerprint density at radius 3 is 2.00 bits per heavy atom. The fraction of sp³-hybridized carbons (Fsp3) is 1.00. The molecule has 0 aliphatic heterocycles.